The molecule has 6 nitrogen and oxygen atoms in total. The lowest BCUT2D eigenvalue weighted by Gasteiger charge is -2.17. The van der Waals surface area contributed by atoms with Crippen LogP contribution < -0.4 is 16.2 Å². The Balaban J connectivity index is 1.36. The predicted octanol–water partition coefficient (Wildman–Crippen LogP) is 3.23. The van der Waals surface area contributed by atoms with Gasteiger partial charge in [-0.2, -0.15) is 0 Å². The Morgan fingerprint density at radius 3 is 2.63 bits per heavy atom. The van der Waals surface area contributed by atoms with E-state index in [1.165, 1.54) is 16.9 Å². The molecule has 138 valence electrons. The molecular formula is C19H19N5OS2. The molecule has 2 unspecified atom stereocenters. The first-order valence-corrected chi connectivity index (χ1v) is 10.4. The zero-order chi connectivity index (χ0) is 18.5. The number of carbonyl (C=O) groups is 1. The second kappa shape index (κ2) is 8.62. The minimum atomic E-state index is -0.211. The molecule has 1 aliphatic heterocycles. The van der Waals surface area contributed by atoms with Crippen LogP contribution in [-0.2, 0) is 10.5 Å². The summed E-state index contributed by atoms with van der Waals surface area (Å²) >= 11 is 3.02. The molecule has 0 radical (unpaired) electrons. The number of hydrogen-bond acceptors (Lipinski definition) is 7. The molecule has 0 saturated carbocycles. The van der Waals surface area contributed by atoms with Crippen LogP contribution in [0.4, 0.5) is 5.13 Å². The van der Waals surface area contributed by atoms with Crippen molar-refractivity contribution < 1.29 is 4.79 Å². The lowest BCUT2D eigenvalue weighted by molar-refractivity contribution is -0.119. The summed E-state index contributed by atoms with van der Waals surface area (Å²) in [5.74, 6) is 0.560. The first-order valence-electron chi connectivity index (χ1n) is 8.64. The van der Waals surface area contributed by atoms with Crippen LogP contribution in [0.15, 0.2) is 65.0 Å². The summed E-state index contributed by atoms with van der Waals surface area (Å²) in [6, 6.07) is 20.1. The molecular weight excluding hydrogens is 378 g/mol. The van der Waals surface area contributed by atoms with Gasteiger partial charge in [-0.3, -0.25) is 10.2 Å². The number of carbonyl (C=O) groups excluding carboxylic acids is 1. The van der Waals surface area contributed by atoms with Crippen LogP contribution >= 0.6 is 23.1 Å². The second-order valence-electron chi connectivity index (χ2n) is 6.16. The van der Waals surface area contributed by atoms with Gasteiger partial charge in [0.25, 0.3) is 0 Å². The number of nitrogens with one attached hydrogen (secondary N) is 3. The third-order valence-electron chi connectivity index (χ3n) is 4.32. The summed E-state index contributed by atoms with van der Waals surface area (Å²) in [6.45, 7) is 0.569. The molecule has 27 heavy (non-hydrogen) atoms. The van der Waals surface area contributed by atoms with Gasteiger partial charge in [-0.1, -0.05) is 83.8 Å². The number of aromatic nitrogens is 2. The van der Waals surface area contributed by atoms with E-state index in [2.05, 4.69) is 38.5 Å². The first kappa shape index (κ1) is 18.1. The monoisotopic (exact) mass is 397 g/mol. The van der Waals surface area contributed by atoms with E-state index < -0.39 is 0 Å². The van der Waals surface area contributed by atoms with Crippen molar-refractivity contribution >= 4 is 34.1 Å². The number of hydrazine groups is 1. The molecule has 0 spiro atoms. The Kier molecular flexibility index (Phi) is 5.78. The summed E-state index contributed by atoms with van der Waals surface area (Å²) in [4.78, 5) is 12.7. The van der Waals surface area contributed by atoms with Crippen LogP contribution in [0, 0.1) is 5.92 Å². The number of hydrogen-bond donors (Lipinski definition) is 3. The molecule has 0 bridgehead atoms. The zero-order valence-electron chi connectivity index (χ0n) is 14.5. The molecule has 2 heterocycles. The van der Waals surface area contributed by atoms with Crippen LogP contribution in [0.3, 0.4) is 0 Å². The maximum absolute atomic E-state index is 12.7. The van der Waals surface area contributed by atoms with Gasteiger partial charge in [0.2, 0.25) is 11.0 Å². The smallest absolute Gasteiger partial charge is 0.232 e. The molecule has 2 atom stereocenters. The number of benzene rings is 2. The molecule has 1 fully saturated rings. The largest absolute Gasteiger partial charge is 0.300 e. The van der Waals surface area contributed by atoms with E-state index in [9.17, 15) is 4.79 Å². The number of anilines is 1. The topological polar surface area (TPSA) is 78.9 Å². The molecule has 3 N–H and O–H groups in total. The normalized spacial score (nSPS) is 19.1. The zero-order valence-corrected chi connectivity index (χ0v) is 16.1. The minimum absolute atomic E-state index is 0.0582. The molecule has 8 heteroatoms. The Morgan fingerprint density at radius 2 is 1.85 bits per heavy atom. The van der Waals surface area contributed by atoms with E-state index in [0.29, 0.717) is 11.7 Å². The number of rotatable bonds is 6. The van der Waals surface area contributed by atoms with Gasteiger partial charge < -0.3 is 5.32 Å². The highest BCUT2D eigenvalue weighted by Crippen LogP contribution is 2.30. The van der Waals surface area contributed by atoms with Crippen LogP contribution in [0.5, 0.6) is 0 Å². The second-order valence-corrected chi connectivity index (χ2v) is 8.36. The minimum Gasteiger partial charge on any atom is -0.300 e. The highest BCUT2D eigenvalue weighted by atomic mass is 32.2. The Hall–Kier alpha value is -2.26. The van der Waals surface area contributed by atoms with Crippen molar-refractivity contribution in [3.05, 3.63) is 71.8 Å². The fourth-order valence-electron chi connectivity index (χ4n) is 2.95. The van der Waals surface area contributed by atoms with Crippen molar-refractivity contribution in [3.63, 3.8) is 0 Å². The van der Waals surface area contributed by atoms with E-state index >= 15 is 0 Å². The third kappa shape index (κ3) is 4.54. The van der Waals surface area contributed by atoms with E-state index in [1.54, 1.807) is 11.8 Å². The predicted molar refractivity (Wildman–Crippen MR) is 108 cm³/mol. The van der Waals surface area contributed by atoms with E-state index in [1.807, 2.05) is 48.5 Å². The maximum atomic E-state index is 12.7. The van der Waals surface area contributed by atoms with E-state index in [-0.39, 0.29) is 17.9 Å². The molecule has 1 aliphatic rings. The summed E-state index contributed by atoms with van der Waals surface area (Å²) in [7, 11) is 0. The van der Waals surface area contributed by atoms with Crippen molar-refractivity contribution in [1.29, 1.82) is 0 Å². The van der Waals surface area contributed by atoms with Gasteiger partial charge in [0.1, 0.15) is 0 Å². The molecule has 2 aromatic carbocycles. The standard InChI is InChI=1S/C19H19N5OS2/c25-17(15-11-20-22-16(15)14-9-5-2-6-10-14)21-18-23-24-19(27-18)26-12-13-7-3-1-4-8-13/h1-10,15-16,20,22H,11-12H2,(H,21,23,25). The Labute approximate surface area is 165 Å². The van der Waals surface area contributed by atoms with Gasteiger partial charge in [0.15, 0.2) is 4.34 Å². The van der Waals surface area contributed by atoms with Crippen LogP contribution in [0.25, 0.3) is 0 Å². The van der Waals surface area contributed by atoms with Gasteiger partial charge in [-0.25, -0.2) is 5.43 Å². The third-order valence-corrected chi connectivity index (χ3v) is 6.36. The lowest BCUT2D eigenvalue weighted by Crippen LogP contribution is -2.29. The highest BCUT2D eigenvalue weighted by Gasteiger charge is 2.34. The van der Waals surface area contributed by atoms with Crippen molar-refractivity contribution in [3.8, 4) is 0 Å². The molecule has 1 amide bonds. The summed E-state index contributed by atoms with van der Waals surface area (Å²) in [5.41, 5.74) is 8.59. The average molecular weight is 398 g/mol. The van der Waals surface area contributed by atoms with Gasteiger partial charge in [-0.05, 0) is 11.1 Å². The van der Waals surface area contributed by atoms with Gasteiger partial charge >= 0.3 is 0 Å². The molecule has 4 rings (SSSR count). The number of nitrogens with zero attached hydrogens (tertiary/aromatic N) is 2. The molecule has 3 aromatic rings. The number of thioether (sulfide) groups is 1. The van der Waals surface area contributed by atoms with Gasteiger partial charge in [0.05, 0.1) is 12.0 Å². The Bertz CT molecular complexity index is 887. The van der Waals surface area contributed by atoms with Crippen LogP contribution in [0.1, 0.15) is 17.2 Å². The molecule has 0 aliphatic carbocycles. The SMILES string of the molecule is O=C(Nc1nnc(SCc2ccccc2)s1)C1CNNC1c1ccccc1. The van der Waals surface area contributed by atoms with E-state index in [0.717, 1.165) is 15.7 Å². The first-order chi connectivity index (χ1) is 13.3. The summed E-state index contributed by atoms with van der Waals surface area (Å²) in [6.07, 6.45) is 0. The van der Waals surface area contributed by atoms with Crippen LogP contribution in [0.2, 0.25) is 0 Å². The van der Waals surface area contributed by atoms with Crippen LogP contribution in [-0.4, -0.2) is 22.6 Å². The molecule has 1 aromatic heterocycles. The lowest BCUT2D eigenvalue weighted by atomic mass is 9.94. The van der Waals surface area contributed by atoms with Gasteiger partial charge in [0, 0.05) is 12.3 Å². The van der Waals surface area contributed by atoms with Crippen molar-refractivity contribution in [2.75, 3.05) is 11.9 Å². The van der Waals surface area contributed by atoms with Gasteiger partial charge in [-0.15, -0.1) is 10.2 Å². The Morgan fingerprint density at radius 1 is 1.11 bits per heavy atom. The highest BCUT2D eigenvalue weighted by molar-refractivity contribution is 8.00. The van der Waals surface area contributed by atoms with E-state index in [4.69, 9.17) is 0 Å². The fourth-order valence-corrected chi connectivity index (χ4v) is 4.66. The number of amides is 1. The maximum Gasteiger partial charge on any atom is 0.232 e. The summed E-state index contributed by atoms with van der Waals surface area (Å²) in [5, 5.41) is 11.7. The van der Waals surface area contributed by atoms with Crippen molar-refractivity contribution in [2.45, 2.75) is 16.1 Å². The quantitative estimate of drug-likeness (QED) is 0.438. The van der Waals surface area contributed by atoms with Crippen molar-refractivity contribution in [1.82, 2.24) is 21.0 Å². The summed E-state index contributed by atoms with van der Waals surface area (Å²) < 4.78 is 0.844. The average Bonchev–Trinajstić information content (AvgIpc) is 3.37. The molecule has 1 saturated heterocycles. The van der Waals surface area contributed by atoms with Crippen molar-refractivity contribution in [2.24, 2.45) is 5.92 Å². The fraction of sp³-hybridized carbons (Fsp3) is 0.211.